The van der Waals surface area contributed by atoms with Gasteiger partial charge in [0.25, 0.3) is 0 Å². The lowest BCUT2D eigenvalue weighted by Gasteiger charge is -2.24. The summed E-state index contributed by atoms with van der Waals surface area (Å²) in [6.07, 6.45) is 8.33. The Hall–Kier alpha value is -9.71. The monoisotopic (exact) mass is 1430 g/mol. The number of Topliss-reactive ketones (excluding diaryl/α,β-unsaturated/α-hetero) is 3. The normalized spacial score (nSPS) is 15.3. The van der Waals surface area contributed by atoms with Gasteiger partial charge in [-0.1, -0.05) is 133 Å². The Labute approximate surface area is 602 Å². The van der Waals surface area contributed by atoms with E-state index in [1.54, 1.807) is 41.5 Å². The molecule has 5 atom stereocenters. The number of hydrogen-bond acceptors (Lipinski definition) is 15. The van der Waals surface area contributed by atoms with E-state index in [1.165, 1.54) is 13.8 Å². The van der Waals surface area contributed by atoms with Crippen molar-refractivity contribution < 1.29 is 66.9 Å². The number of hydrogen-bond donors (Lipinski definition) is 6. The lowest BCUT2D eigenvalue weighted by atomic mass is 9.98. The van der Waals surface area contributed by atoms with Gasteiger partial charge in [0.1, 0.15) is 53.5 Å². The molecule has 23 heteroatoms. The van der Waals surface area contributed by atoms with Crippen LogP contribution in [0.25, 0.3) is 22.3 Å². The number of fused-ring (bicyclic) bond motifs is 6. The molecule has 0 spiro atoms. The van der Waals surface area contributed by atoms with Crippen LogP contribution in [0.1, 0.15) is 153 Å². The minimum Gasteiger partial charge on any atom is -0.454 e. The number of amides is 6. The highest BCUT2D eigenvalue weighted by molar-refractivity contribution is 8.17. The van der Waals surface area contributed by atoms with Gasteiger partial charge in [-0.15, -0.1) is 6.42 Å². The predicted molar refractivity (Wildman–Crippen MR) is 397 cm³/mol. The van der Waals surface area contributed by atoms with Gasteiger partial charge in [-0.05, 0) is 180 Å². The van der Waals surface area contributed by atoms with E-state index in [1.807, 2.05) is 133 Å². The average molecular weight is 1430 g/mol. The van der Waals surface area contributed by atoms with Crippen LogP contribution in [0.15, 0.2) is 127 Å². The number of alkyl carbamates (subject to hydrolysis) is 3. The molecule has 2 heterocycles. The standard InChI is InChI=1S/C45H54N4O7S.C34H39N3O7S/c1-6-39(57-26-16-17-27-57)40(50)38(28-31-18-8-7-9-19-31)48-41(51)30(2)47-42(52)37(24-14-15-25-46-43(53)56-45(3,4)5)49-44(54)55-29-36-34-22-12-10-20-32(34)33-21-11-13-23-35(33)36;1-21(36-33(42)43-20-26-24-13-7-5-11-22(24)23-12-6-8-14-25(23)26)31(40)37-27(15-16-28(38)32(41)44-34(2,3)4)30(39)29(19-35)45-17-9-10-18-45/h1,7-13,18-23,30,36-38H,14-17,24-29H2,2-5H3,(H,46,53)(H,47,52)(H,48,51)(H,49,54);5-8,11-14,21,26-27H,9-10,15-18,20H2,1-4H3,(H,36,42)(H,37,40)/t30-,37+,38-;21-,27+/m01/s1. The fourth-order valence-corrected chi connectivity index (χ4v) is 17.1. The van der Waals surface area contributed by atoms with Crippen LogP contribution < -0.4 is 31.9 Å². The molecule has 2 fully saturated rings. The number of ether oxygens (including phenoxy) is 4. The van der Waals surface area contributed by atoms with Crippen LogP contribution in [0.2, 0.25) is 0 Å². The first kappa shape index (κ1) is 78.0. The van der Waals surface area contributed by atoms with Crippen LogP contribution in [-0.4, -0.2) is 153 Å². The molecule has 6 N–H and O–H groups in total. The van der Waals surface area contributed by atoms with Crippen molar-refractivity contribution in [3.8, 4) is 40.7 Å². The topological polar surface area (TPSA) is 304 Å². The third-order valence-corrected chi connectivity index (χ3v) is 22.4. The molecule has 2 saturated heterocycles. The molecule has 4 aliphatic rings. The highest BCUT2D eigenvalue weighted by atomic mass is 32.2. The van der Waals surface area contributed by atoms with E-state index in [0.717, 1.165) is 87.3 Å². The van der Waals surface area contributed by atoms with Crippen LogP contribution in [0.3, 0.4) is 0 Å². The number of carbonyl (C=O) groups is 10. The third-order valence-electron chi connectivity index (χ3n) is 17.5. The quantitative estimate of drug-likeness (QED) is 0.00711. The molecular formula is C79H93N7O14S2. The largest absolute Gasteiger partial charge is 0.454 e. The Morgan fingerprint density at radius 2 is 0.931 bits per heavy atom. The molecule has 0 saturated carbocycles. The van der Waals surface area contributed by atoms with Gasteiger partial charge in [0.15, 0.2) is 5.78 Å². The first-order valence-electron chi connectivity index (χ1n) is 34.7. The van der Waals surface area contributed by atoms with Crippen LogP contribution in [0.4, 0.5) is 14.4 Å². The van der Waals surface area contributed by atoms with Crippen molar-refractivity contribution in [1.29, 1.82) is 5.26 Å². The fraction of sp³-hybridized carbons (Fsp3) is 0.430. The maximum atomic E-state index is 13.9. The number of carbonyl (C=O) groups excluding carboxylic acids is 10. The molecule has 0 aromatic heterocycles. The van der Waals surface area contributed by atoms with Crippen molar-refractivity contribution in [2.24, 2.45) is 0 Å². The zero-order valence-corrected chi connectivity index (χ0v) is 60.9. The molecule has 0 radical (unpaired) electrons. The van der Waals surface area contributed by atoms with E-state index in [-0.39, 0.29) is 71.9 Å². The molecule has 9 rings (SSSR count). The third kappa shape index (κ3) is 21.9. The minimum atomic E-state index is -1.24. The second-order valence-corrected chi connectivity index (χ2v) is 31.9. The number of nitrogens with one attached hydrogen (secondary N) is 6. The summed E-state index contributed by atoms with van der Waals surface area (Å²) in [5.74, 6) is 0.849. The molecule has 102 heavy (non-hydrogen) atoms. The predicted octanol–water partition coefficient (Wildman–Crippen LogP) is 10.7. The summed E-state index contributed by atoms with van der Waals surface area (Å²) < 4.78 is 21.7. The summed E-state index contributed by atoms with van der Waals surface area (Å²) in [6, 6.07) is 37.9. The van der Waals surface area contributed by atoms with Crippen LogP contribution in [0.5, 0.6) is 0 Å². The number of nitriles is 1. The molecule has 0 bridgehead atoms. The molecule has 2 aliphatic heterocycles. The van der Waals surface area contributed by atoms with Gasteiger partial charge in [0.05, 0.1) is 16.9 Å². The summed E-state index contributed by atoms with van der Waals surface area (Å²) in [5.41, 5.74) is 7.89. The van der Waals surface area contributed by atoms with Crippen molar-refractivity contribution in [3.63, 3.8) is 0 Å². The first-order chi connectivity index (χ1) is 48.7. The number of nitrogens with zero attached hydrogens (tertiary/aromatic N) is 1. The Morgan fingerprint density at radius 3 is 1.40 bits per heavy atom. The molecule has 5 aromatic rings. The van der Waals surface area contributed by atoms with Crippen LogP contribution >= 0.6 is 21.0 Å². The SMILES string of the molecule is C#CC(C(=O)[C@H](Cc1ccccc1)NC(=O)[C@H](C)NC(=O)[C@@H](CCCCNC(=O)OC(C)(C)C)NC(=O)OCC1c2ccccc2-c2ccccc21)=S1CCCC1.C[C@@H](NC(=O)OCC1c2ccccc2-c2ccccc21)C(=O)N[C@@H](CCC(=O)C(=O)OC(C)(C)C)C(=O)C(C#N)=S1CCCC1. The molecule has 6 amide bonds. The van der Waals surface area contributed by atoms with Gasteiger partial charge in [0.2, 0.25) is 29.3 Å². The van der Waals surface area contributed by atoms with Gasteiger partial charge in [-0.2, -0.15) is 26.2 Å². The molecule has 0 unspecified atom stereocenters. The fourth-order valence-electron chi connectivity index (χ4n) is 12.5. The number of esters is 1. The van der Waals surface area contributed by atoms with E-state index in [4.69, 9.17) is 25.4 Å². The average Bonchev–Trinajstić information content (AvgIpc) is 1.62. The Balaban J connectivity index is 0.000000266. The van der Waals surface area contributed by atoms with Gasteiger partial charge in [-0.25, -0.2) is 19.2 Å². The summed E-state index contributed by atoms with van der Waals surface area (Å²) in [6.45, 7) is 13.6. The number of benzene rings is 5. The van der Waals surface area contributed by atoms with Crippen molar-refractivity contribution in [3.05, 3.63) is 155 Å². The van der Waals surface area contributed by atoms with Crippen molar-refractivity contribution in [2.75, 3.05) is 42.8 Å². The van der Waals surface area contributed by atoms with E-state index >= 15 is 0 Å². The van der Waals surface area contributed by atoms with E-state index in [9.17, 15) is 53.2 Å². The van der Waals surface area contributed by atoms with Crippen molar-refractivity contribution in [1.82, 2.24) is 31.9 Å². The molecular weight excluding hydrogens is 1340 g/mol. The first-order valence-corrected chi connectivity index (χ1v) is 37.8. The van der Waals surface area contributed by atoms with Gasteiger partial charge in [0, 0.05) is 31.2 Å². The maximum Gasteiger partial charge on any atom is 0.407 e. The molecule has 5 aromatic carbocycles. The van der Waals surface area contributed by atoms with Gasteiger partial charge >= 0.3 is 24.2 Å². The van der Waals surface area contributed by atoms with Crippen LogP contribution in [-0.2, 0) is 58.9 Å². The second-order valence-electron chi connectivity index (χ2n) is 27.5. The number of unbranched alkanes of at least 4 members (excludes halogenated alkanes) is 1. The highest BCUT2D eigenvalue weighted by Crippen LogP contribution is 2.46. The molecule has 540 valence electrons. The zero-order valence-electron chi connectivity index (χ0n) is 59.2. The van der Waals surface area contributed by atoms with E-state index < -0.39 is 105 Å². The minimum absolute atomic E-state index is 0.0573. The molecule has 21 nitrogen and oxygen atoms in total. The zero-order chi connectivity index (χ0) is 73.7. The van der Waals surface area contributed by atoms with E-state index in [0.29, 0.717) is 35.8 Å². The van der Waals surface area contributed by atoms with Gasteiger partial charge < -0.3 is 50.8 Å². The number of terminal acetylenes is 1. The Kier molecular flexibility index (Phi) is 28.1. The Morgan fingerprint density at radius 1 is 0.500 bits per heavy atom. The number of rotatable bonds is 27. The summed E-state index contributed by atoms with van der Waals surface area (Å²) in [7, 11) is -0.864. The molecule has 2 aliphatic carbocycles. The lowest BCUT2D eigenvalue weighted by Crippen LogP contribution is -2.55. The summed E-state index contributed by atoms with van der Waals surface area (Å²) >= 11 is 0. The smallest absolute Gasteiger partial charge is 0.407 e. The Bertz CT molecular complexity index is 3980. The van der Waals surface area contributed by atoms with Crippen molar-refractivity contribution in [2.45, 2.75) is 173 Å². The second kappa shape index (κ2) is 36.8. The van der Waals surface area contributed by atoms with Crippen LogP contribution in [0, 0.1) is 23.7 Å². The highest BCUT2D eigenvalue weighted by Gasteiger charge is 2.36. The van der Waals surface area contributed by atoms with Crippen molar-refractivity contribution >= 4 is 90.0 Å². The summed E-state index contributed by atoms with van der Waals surface area (Å²) in [4.78, 5) is 131. The number of ketones is 3. The maximum absolute atomic E-state index is 13.9. The van der Waals surface area contributed by atoms with Gasteiger partial charge in [-0.3, -0.25) is 28.8 Å². The summed E-state index contributed by atoms with van der Waals surface area (Å²) in [5, 5.41) is 25.9. The lowest BCUT2D eigenvalue weighted by molar-refractivity contribution is -0.162. The van der Waals surface area contributed by atoms with E-state index in [2.05, 4.69) is 37.8 Å².